The van der Waals surface area contributed by atoms with E-state index in [1.807, 2.05) is 31.3 Å². The van der Waals surface area contributed by atoms with Crippen LogP contribution in [0.3, 0.4) is 0 Å². The highest BCUT2D eigenvalue weighted by Crippen LogP contribution is 2.23. The number of hydrogen-bond acceptors (Lipinski definition) is 3. The smallest absolute Gasteiger partial charge is 0.275 e. The molecule has 23 heavy (non-hydrogen) atoms. The molecule has 7 heteroatoms. The third kappa shape index (κ3) is 5.43. The van der Waals surface area contributed by atoms with E-state index in [4.69, 9.17) is 21.8 Å². The quantitative estimate of drug-likeness (QED) is 0.675. The summed E-state index contributed by atoms with van der Waals surface area (Å²) >= 11 is 5.87. The Morgan fingerprint density at radius 2 is 1.91 bits per heavy atom. The third-order valence-electron chi connectivity index (χ3n) is 3.19. The van der Waals surface area contributed by atoms with Gasteiger partial charge < -0.3 is 20.4 Å². The lowest BCUT2D eigenvalue weighted by atomic mass is 10.2. The molecule has 122 valence electrons. The molecular weight excluding hydrogens is 318 g/mol. The van der Waals surface area contributed by atoms with Gasteiger partial charge in [-0.25, -0.2) is 0 Å². The number of benzene rings is 1. The minimum Gasteiger partial charge on any atom is -0.455 e. The van der Waals surface area contributed by atoms with Crippen molar-refractivity contribution in [2.24, 2.45) is 5.73 Å². The second-order valence-corrected chi connectivity index (χ2v) is 5.76. The van der Waals surface area contributed by atoms with Crippen molar-refractivity contribution in [1.82, 2.24) is 5.32 Å². The molecule has 6 nitrogen and oxygen atoms in total. The number of carbonyl (C=O) groups is 2. The Kier molecular flexibility index (Phi) is 5.78. The van der Waals surface area contributed by atoms with E-state index in [1.165, 1.54) is 0 Å². The molecule has 1 aromatic carbocycles. The van der Waals surface area contributed by atoms with Crippen LogP contribution in [0.2, 0.25) is 5.02 Å². The fourth-order valence-electron chi connectivity index (χ4n) is 2.12. The van der Waals surface area contributed by atoms with Gasteiger partial charge in [0.25, 0.3) is 5.91 Å². The minimum atomic E-state index is -0.561. The Hall–Kier alpha value is -2.31. The van der Waals surface area contributed by atoms with Crippen LogP contribution in [-0.4, -0.2) is 32.0 Å². The number of likely N-dealkylation sites (N-methyl/N-ethyl adjacent to an activating group) is 1. The normalized spacial score (nSPS) is 11.9. The van der Waals surface area contributed by atoms with Crippen molar-refractivity contribution in [3.63, 3.8) is 0 Å². The van der Waals surface area contributed by atoms with Gasteiger partial charge in [-0.1, -0.05) is 11.6 Å². The Bertz CT molecular complexity index is 682. The van der Waals surface area contributed by atoms with Gasteiger partial charge in [-0.2, -0.15) is 0 Å². The molecule has 1 unspecified atom stereocenters. The second-order valence-electron chi connectivity index (χ2n) is 5.33. The number of quaternary nitrogens is 1. The topological polar surface area (TPSA) is 89.8 Å². The summed E-state index contributed by atoms with van der Waals surface area (Å²) in [7, 11) is 1.87. The van der Waals surface area contributed by atoms with Crippen LogP contribution in [0.4, 0.5) is 0 Å². The summed E-state index contributed by atoms with van der Waals surface area (Å²) in [5, 5.41) is 3.13. The van der Waals surface area contributed by atoms with E-state index in [1.54, 1.807) is 12.1 Å². The summed E-state index contributed by atoms with van der Waals surface area (Å²) in [5.74, 6) is 0.734. The molecule has 0 aliphatic heterocycles. The summed E-state index contributed by atoms with van der Waals surface area (Å²) in [6.07, 6.45) is 0. The molecule has 4 N–H and O–H groups in total. The van der Waals surface area contributed by atoms with Crippen molar-refractivity contribution in [3.05, 3.63) is 47.2 Å². The SMILES string of the molecule is C[NH+](CC(=O)NCC(N)=O)Cc1ccc(-c2ccc(Cl)cc2)o1. The molecule has 0 aliphatic carbocycles. The molecule has 1 atom stereocenters. The number of amides is 2. The Morgan fingerprint density at radius 1 is 1.22 bits per heavy atom. The fourth-order valence-corrected chi connectivity index (χ4v) is 2.25. The van der Waals surface area contributed by atoms with E-state index >= 15 is 0 Å². The van der Waals surface area contributed by atoms with Gasteiger partial charge in [-0.15, -0.1) is 0 Å². The van der Waals surface area contributed by atoms with Crippen LogP contribution in [-0.2, 0) is 16.1 Å². The summed E-state index contributed by atoms with van der Waals surface area (Å²) in [6, 6.07) is 11.2. The maximum Gasteiger partial charge on any atom is 0.275 e. The van der Waals surface area contributed by atoms with E-state index in [-0.39, 0.29) is 19.0 Å². The average molecular weight is 337 g/mol. The number of furan rings is 1. The Labute approximate surface area is 139 Å². The first-order chi connectivity index (χ1) is 10.9. The van der Waals surface area contributed by atoms with E-state index in [0.717, 1.165) is 22.0 Å². The molecule has 0 aliphatic rings. The summed E-state index contributed by atoms with van der Waals surface area (Å²) in [4.78, 5) is 23.2. The highest BCUT2D eigenvalue weighted by atomic mass is 35.5. The van der Waals surface area contributed by atoms with E-state index < -0.39 is 5.91 Å². The number of rotatable bonds is 7. The molecule has 0 saturated heterocycles. The second kappa shape index (κ2) is 7.80. The van der Waals surface area contributed by atoms with Crippen molar-refractivity contribution in [1.29, 1.82) is 0 Å². The van der Waals surface area contributed by atoms with Crippen molar-refractivity contribution < 1.29 is 18.9 Å². The monoisotopic (exact) mass is 336 g/mol. The number of nitrogens with one attached hydrogen (secondary N) is 2. The van der Waals surface area contributed by atoms with Gasteiger partial charge in [0.15, 0.2) is 12.3 Å². The molecule has 0 bridgehead atoms. The van der Waals surface area contributed by atoms with Crippen LogP contribution in [0.25, 0.3) is 11.3 Å². The van der Waals surface area contributed by atoms with Crippen LogP contribution < -0.4 is 16.0 Å². The van der Waals surface area contributed by atoms with Gasteiger partial charge in [0.1, 0.15) is 12.3 Å². The van der Waals surface area contributed by atoms with Crippen molar-refractivity contribution in [2.45, 2.75) is 6.54 Å². The number of halogens is 1. The lowest BCUT2D eigenvalue weighted by molar-refractivity contribution is -0.886. The van der Waals surface area contributed by atoms with Gasteiger partial charge in [0, 0.05) is 10.6 Å². The van der Waals surface area contributed by atoms with Crippen LogP contribution in [0.1, 0.15) is 5.76 Å². The molecule has 2 aromatic rings. The number of primary amides is 1. The first-order valence-electron chi connectivity index (χ1n) is 7.15. The Balaban J connectivity index is 1.89. The summed E-state index contributed by atoms with van der Waals surface area (Å²) < 4.78 is 5.79. The summed E-state index contributed by atoms with van der Waals surface area (Å²) in [5.41, 5.74) is 5.92. The molecule has 0 radical (unpaired) electrons. The molecule has 1 heterocycles. The Morgan fingerprint density at radius 3 is 2.57 bits per heavy atom. The van der Waals surface area contributed by atoms with E-state index in [0.29, 0.717) is 11.6 Å². The third-order valence-corrected chi connectivity index (χ3v) is 3.44. The molecule has 2 rings (SSSR count). The zero-order valence-electron chi connectivity index (χ0n) is 12.8. The zero-order chi connectivity index (χ0) is 16.8. The van der Waals surface area contributed by atoms with E-state index in [9.17, 15) is 9.59 Å². The predicted octanol–water partition coefficient (Wildman–Crippen LogP) is 0.216. The lowest BCUT2D eigenvalue weighted by Gasteiger charge is -2.11. The maximum absolute atomic E-state index is 11.6. The van der Waals surface area contributed by atoms with Crippen molar-refractivity contribution in [3.8, 4) is 11.3 Å². The highest BCUT2D eigenvalue weighted by molar-refractivity contribution is 6.30. The van der Waals surface area contributed by atoms with Gasteiger partial charge in [0.05, 0.1) is 13.6 Å². The van der Waals surface area contributed by atoms with Crippen LogP contribution in [0, 0.1) is 0 Å². The molecular formula is C16H19ClN3O3+. The number of nitrogens with two attached hydrogens (primary N) is 1. The standard InChI is InChI=1S/C16H18ClN3O3/c1-20(10-16(22)19-8-15(18)21)9-13-6-7-14(23-13)11-2-4-12(17)5-3-11/h2-7H,8-10H2,1H3,(H2,18,21)(H,19,22)/p+1. The highest BCUT2D eigenvalue weighted by Gasteiger charge is 2.13. The summed E-state index contributed by atoms with van der Waals surface area (Å²) in [6.45, 7) is 0.634. The molecule has 2 amide bonds. The van der Waals surface area contributed by atoms with Crippen molar-refractivity contribution >= 4 is 23.4 Å². The molecule has 1 aromatic heterocycles. The predicted molar refractivity (Wildman–Crippen MR) is 86.8 cm³/mol. The van der Waals surface area contributed by atoms with Crippen molar-refractivity contribution in [2.75, 3.05) is 20.1 Å². The van der Waals surface area contributed by atoms with Crippen LogP contribution >= 0.6 is 11.6 Å². The largest absolute Gasteiger partial charge is 0.455 e. The molecule has 0 fully saturated rings. The van der Waals surface area contributed by atoms with Gasteiger partial charge in [0.2, 0.25) is 5.91 Å². The fraction of sp³-hybridized carbons (Fsp3) is 0.250. The van der Waals surface area contributed by atoms with Gasteiger partial charge in [-0.05, 0) is 36.4 Å². The zero-order valence-corrected chi connectivity index (χ0v) is 13.5. The first-order valence-corrected chi connectivity index (χ1v) is 7.53. The molecule has 0 saturated carbocycles. The number of hydrogen-bond donors (Lipinski definition) is 3. The molecule has 0 spiro atoms. The van der Waals surface area contributed by atoms with Gasteiger partial charge in [-0.3, -0.25) is 9.59 Å². The lowest BCUT2D eigenvalue weighted by Crippen LogP contribution is -3.08. The maximum atomic E-state index is 11.6. The minimum absolute atomic E-state index is 0.145. The van der Waals surface area contributed by atoms with Gasteiger partial charge >= 0.3 is 0 Å². The van der Waals surface area contributed by atoms with E-state index in [2.05, 4.69) is 5.32 Å². The number of carbonyl (C=O) groups excluding carboxylic acids is 2. The first kappa shape index (κ1) is 17.1. The van der Waals surface area contributed by atoms with Crippen LogP contribution in [0.5, 0.6) is 0 Å². The average Bonchev–Trinajstić information content (AvgIpc) is 2.94. The van der Waals surface area contributed by atoms with Crippen LogP contribution in [0.15, 0.2) is 40.8 Å².